The van der Waals surface area contributed by atoms with Crippen molar-refractivity contribution in [3.05, 3.63) is 41.5 Å². The molecule has 0 radical (unpaired) electrons. The van der Waals surface area contributed by atoms with Gasteiger partial charge in [0.1, 0.15) is 0 Å². The summed E-state index contributed by atoms with van der Waals surface area (Å²) in [5, 5.41) is 0.204. The molecule has 2 aliphatic rings. The van der Waals surface area contributed by atoms with Crippen molar-refractivity contribution in [1.82, 2.24) is 0 Å². The highest BCUT2D eigenvalue weighted by molar-refractivity contribution is 5.85. The Morgan fingerprint density at radius 2 is 1.50 bits per heavy atom. The third-order valence-electron chi connectivity index (χ3n) is 7.73. The molecule has 32 heavy (non-hydrogen) atoms. The standard InChI is InChI=1S/C26H31F5O/c1-2-3-16-4-6-17(7-5-16)18-8-10-19(11-9-18)20-12-13-22-21(14-20)15-23(27)25(24(22)28)32-26(29,30)31/h12-19H,2-11H2,1H3. The van der Waals surface area contributed by atoms with Gasteiger partial charge < -0.3 is 4.74 Å². The van der Waals surface area contributed by atoms with E-state index < -0.39 is 23.7 Å². The van der Waals surface area contributed by atoms with E-state index in [2.05, 4.69) is 11.7 Å². The molecule has 0 bridgehead atoms. The van der Waals surface area contributed by atoms with Crippen molar-refractivity contribution in [3.8, 4) is 5.75 Å². The van der Waals surface area contributed by atoms with E-state index in [1.54, 1.807) is 12.1 Å². The van der Waals surface area contributed by atoms with Gasteiger partial charge in [-0.3, -0.25) is 0 Å². The molecule has 2 aromatic rings. The first-order chi connectivity index (χ1) is 15.2. The van der Waals surface area contributed by atoms with Gasteiger partial charge in [-0.05, 0) is 79.2 Å². The van der Waals surface area contributed by atoms with E-state index in [4.69, 9.17) is 0 Å². The zero-order valence-electron chi connectivity index (χ0n) is 18.5. The Labute approximate surface area is 186 Å². The van der Waals surface area contributed by atoms with Crippen LogP contribution in [0, 0.1) is 29.4 Å². The fourth-order valence-corrected chi connectivity index (χ4v) is 6.07. The summed E-state index contributed by atoms with van der Waals surface area (Å²) in [4.78, 5) is 0. The minimum absolute atomic E-state index is 0.0630. The Kier molecular flexibility index (Phi) is 6.97. The van der Waals surface area contributed by atoms with Crippen LogP contribution in [-0.2, 0) is 0 Å². The molecule has 0 atom stereocenters. The van der Waals surface area contributed by atoms with Crippen LogP contribution in [0.1, 0.15) is 82.6 Å². The Morgan fingerprint density at radius 3 is 2.09 bits per heavy atom. The largest absolute Gasteiger partial charge is 0.573 e. The summed E-state index contributed by atoms with van der Waals surface area (Å²) in [5.74, 6) is -1.22. The molecule has 2 saturated carbocycles. The molecule has 0 unspecified atom stereocenters. The van der Waals surface area contributed by atoms with Crippen LogP contribution in [0.15, 0.2) is 24.3 Å². The fraction of sp³-hybridized carbons (Fsp3) is 0.615. The van der Waals surface area contributed by atoms with Crippen molar-refractivity contribution in [2.45, 2.75) is 83.4 Å². The molecule has 6 heteroatoms. The Balaban J connectivity index is 1.42. The maximum Gasteiger partial charge on any atom is 0.573 e. The number of rotatable bonds is 5. The van der Waals surface area contributed by atoms with Gasteiger partial charge in [-0.2, -0.15) is 0 Å². The summed E-state index contributed by atoms with van der Waals surface area (Å²) < 4.78 is 69.6. The normalized spacial score (nSPS) is 26.9. The summed E-state index contributed by atoms with van der Waals surface area (Å²) in [6.45, 7) is 2.26. The number of ether oxygens (including phenoxy) is 1. The molecule has 2 aromatic carbocycles. The molecule has 0 spiro atoms. The van der Waals surface area contributed by atoms with Crippen LogP contribution in [0.3, 0.4) is 0 Å². The number of halogens is 5. The van der Waals surface area contributed by atoms with Gasteiger partial charge in [0.15, 0.2) is 11.6 Å². The summed E-state index contributed by atoms with van der Waals surface area (Å²) in [7, 11) is 0. The summed E-state index contributed by atoms with van der Waals surface area (Å²) >= 11 is 0. The first kappa shape index (κ1) is 23.3. The van der Waals surface area contributed by atoms with Gasteiger partial charge in [0.2, 0.25) is 5.75 Å². The molecule has 0 saturated heterocycles. The zero-order chi connectivity index (χ0) is 22.9. The molecule has 0 N–H and O–H groups in total. The van der Waals surface area contributed by atoms with E-state index in [1.807, 2.05) is 0 Å². The van der Waals surface area contributed by atoms with Crippen molar-refractivity contribution >= 4 is 10.8 Å². The van der Waals surface area contributed by atoms with E-state index in [-0.39, 0.29) is 10.8 Å². The van der Waals surface area contributed by atoms with Gasteiger partial charge in [-0.1, -0.05) is 50.8 Å². The Bertz CT molecular complexity index is 922. The minimum atomic E-state index is -5.15. The third-order valence-corrected chi connectivity index (χ3v) is 7.73. The molecule has 4 rings (SSSR count). The summed E-state index contributed by atoms with van der Waals surface area (Å²) in [6.07, 6.45) is 7.33. The van der Waals surface area contributed by atoms with Crippen LogP contribution < -0.4 is 4.74 Å². The van der Waals surface area contributed by atoms with Crippen molar-refractivity contribution in [2.75, 3.05) is 0 Å². The number of hydrogen-bond acceptors (Lipinski definition) is 1. The van der Waals surface area contributed by atoms with Gasteiger partial charge in [0, 0.05) is 5.39 Å². The van der Waals surface area contributed by atoms with Crippen molar-refractivity contribution in [2.24, 2.45) is 17.8 Å². The second kappa shape index (κ2) is 9.56. The maximum absolute atomic E-state index is 14.5. The molecule has 0 amide bonds. The van der Waals surface area contributed by atoms with Crippen LogP contribution in [0.2, 0.25) is 0 Å². The number of hydrogen-bond donors (Lipinski definition) is 0. The maximum atomic E-state index is 14.5. The lowest BCUT2D eigenvalue weighted by Crippen LogP contribution is -2.25. The molecule has 0 aliphatic heterocycles. The fourth-order valence-electron chi connectivity index (χ4n) is 6.07. The van der Waals surface area contributed by atoms with Gasteiger partial charge in [0.05, 0.1) is 0 Å². The molecular weight excluding hydrogens is 423 g/mol. The van der Waals surface area contributed by atoms with E-state index >= 15 is 0 Å². The van der Waals surface area contributed by atoms with Crippen molar-refractivity contribution in [1.29, 1.82) is 0 Å². The first-order valence-corrected chi connectivity index (χ1v) is 11.9. The molecule has 0 heterocycles. The van der Waals surface area contributed by atoms with Crippen LogP contribution in [0.25, 0.3) is 10.8 Å². The molecule has 0 aromatic heterocycles. The first-order valence-electron chi connectivity index (χ1n) is 11.9. The predicted octanol–water partition coefficient (Wildman–Crippen LogP) is 8.90. The van der Waals surface area contributed by atoms with E-state index in [0.29, 0.717) is 5.92 Å². The van der Waals surface area contributed by atoms with E-state index in [1.165, 1.54) is 57.4 Å². The smallest absolute Gasteiger partial charge is 0.399 e. The minimum Gasteiger partial charge on any atom is -0.399 e. The van der Waals surface area contributed by atoms with Gasteiger partial charge >= 0.3 is 6.36 Å². The predicted molar refractivity (Wildman–Crippen MR) is 116 cm³/mol. The highest BCUT2D eigenvalue weighted by Crippen LogP contribution is 2.45. The summed E-state index contributed by atoms with van der Waals surface area (Å²) in [6, 6.07) is 5.87. The average molecular weight is 455 g/mol. The quantitative estimate of drug-likeness (QED) is 0.410. The monoisotopic (exact) mass is 454 g/mol. The third kappa shape index (κ3) is 5.20. The van der Waals surface area contributed by atoms with E-state index in [0.717, 1.165) is 42.2 Å². The zero-order valence-corrected chi connectivity index (χ0v) is 18.5. The van der Waals surface area contributed by atoms with Gasteiger partial charge in [0.25, 0.3) is 0 Å². The van der Waals surface area contributed by atoms with Crippen LogP contribution >= 0.6 is 0 Å². The molecule has 2 fully saturated rings. The van der Waals surface area contributed by atoms with Crippen LogP contribution in [-0.4, -0.2) is 6.36 Å². The topological polar surface area (TPSA) is 9.23 Å². The second-order valence-electron chi connectivity index (χ2n) is 9.71. The molecule has 2 aliphatic carbocycles. The second-order valence-corrected chi connectivity index (χ2v) is 9.71. The lowest BCUT2D eigenvalue weighted by atomic mass is 9.68. The lowest BCUT2D eigenvalue weighted by molar-refractivity contribution is -0.276. The number of alkyl halides is 3. The number of benzene rings is 2. The van der Waals surface area contributed by atoms with Crippen LogP contribution in [0.5, 0.6) is 5.75 Å². The Hall–Kier alpha value is -1.85. The molecular formula is C26H31F5O. The molecule has 1 nitrogen and oxygen atoms in total. The van der Waals surface area contributed by atoms with Gasteiger partial charge in [-0.15, -0.1) is 13.2 Å². The van der Waals surface area contributed by atoms with Crippen LogP contribution in [0.4, 0.5) is 22.0 Å². The van der Waals surface area contributed by atoms with E-state index in [9.17, 15) is 22.0 Å². The van der Waals surface area contributed by atoms with Gasteiger partial charge in [-0.25, -0.2) is 8.78 Å². The average Bonchev–Trinajstić information content (AvgIpc) is 2.76. The van der Waals surface area contributed by atoms with Crippen molar-refractivity contribution < 1.29 is 26.7 Å². The van der Waals surface area contributed by atoms with Crippen molar-refractivity contribution in [3.63, 3.8) is 0 Å². The lowest BCUT2D eigenvalue weighted by Gasteiger charge is -2.38. The summed E-state index contributed by atoms with van der Waals surface area (Å²) in [5.41, 5.74) is 1.01. The highest BCUT2D eigenvalue weighted by Gasteiger charge is 2.35. The highest BCUT2D eigenvalue weighted by atomic mass is 19.4. The molecule has 176 valence electrons. The number of fused-ring (bicyclic) bond motifs is 1. The SMILES string of the molecule is CCCC1CCC(C2CCC(c3ccc4c(F)c(OC(F)(F)F)c(F)cc4c3)CC2)CC1. The Morgan fingerprint density at radius 1 is 0.875 bits per heavy atom.